The maximum Gasteiger partial charge on any atom is 0.241 e. The summed E-state index contributed by atoms with van der Waals surface area (Å²) in [6.07, 6.45) is 3.26. The van der Waals surface area contributed by atoms with E-state index in [1.54, 1.807) is 25.4 Å². The number of benzene rings is 1. The fraction of sp³-hybridized carbons (Fsp3) is 0.214. The van der Waals surface area contributed by atoms with E-state index in [0.717, 1.165) is 5.56 Å². The summed E-state index contributed by atoms with van der Waals surface area (Å²) in [5.74, 6) is 0. The Balaban J connectivity index is 2.26. The van der Waals surface area contributed by atoms with Gasteiger partial charge >= 0.3 is 0 Å². The number of rotatable bonds is 5. The van der Waals surface area contributed by atoms with Gasteiger partial charge in [-0.3, -0.25) is 4.98 Å². The number of aromatic nitrogens is 1. The molecule has 1 aromatic carbocycles. The van der Waals surface area contributed by atoms with Crippen molar-refractivity contribution < 1.29 is 8.42 Å². The molecule has 2 aromatic rings. The highest BCUT2D eigenvalue weighted by Gasteiger charge is 2.19. The van der Waals surface area contributed by atoms with E-state index in [4.69, 9.17) is 17.3 Å². The Hall–Kier alpha value is -1.47. The number of sulfonamides is 1. The monoisotopic (exact) mass is 325 g/mol. The van der Waals surface area contributed by atoms with Crippen molar-refractivity contribution in [3.05, 3.63) is 58.9 Å². The fourth-order valence-corrected chi connectivity index (χ4v) is 3.35. The van der Waals surface area contributed by atoms with Gasteiger partial charge in [-0.05, 0) is 42.3 Å². The Morgan fingerprint density at radius 1 is 1.38 bits per heavy atom. The zero-order valence-corrected chi connectivity index (χ0v) is 13.0. The van der Waals surface area contributed by atoms with Gasteiger partial charge in [0.15, 0.2) is 0 Å². The highest BCUT2D eigenvalue weighted by atomic mass is 35.5. The Bertz CT molecular complexity index is 720. The normalized spacial score (nSPS) is 13.1. The highest BCUT2D eigenvalue weighted by molar-refractivity contribution is 7.89. The van der Waals surface area contributed by atoms with Crippen molar-refractivity contribution in [2.45, 2.75) is 24.4 Å². The first-order valence-corrected chi connectivity index (χ1v) is 8.21. The number of pyridine rings is 1. The Morgan fingerprint density at radius 2 is 2.14 bits per heavy atom. The van der Waals surface area contributed by atoms with Gasteiger partial charge in [-0.25, -0.2) is 13.1 Å². The smallest absolute Gasteiger partial charge is 0.241 e. The van der Waals surface area contributed by atoms with Crippen molar-refractivity contribution in [3.63, 3.8) is 0 Å². The van der Waals surface area contributed by atoms with Crippen LogP contribution in [0.4, 0.5) is 0 Å². The van der Waals surface area contributed by atoms with E-state index in [9.17, 15) is 8.42 Å². The molecule has 5 nitrogen and oxygen atoms in total. The molecule has 7 heteroatoms. The third-order valence-corrected chi connectivity index (χ3v) is 4.97. The molecule has 0 amide bonds. The number of halogens is 1. The molecule has 0 aliphatic heterocycles. The number of nitrogens with two attached hydrogens (primary N) is 1. The summed E-state index contributed by atoms with van der Waals surface area (Å²) in [7, 11) is -3.65. The van der Waals surface area contributed by atoms with E-state index in [1.807, 2.05) is 6.07 Å². The van der Waals surface area contributed by atoms with Crippen molar-refractivity contribution in [2.24, 2.45) is 5.73 Å². The largest absolute Gasteiger partial charge is 0.326 e. The second-order valence-corrected chi connectivity index (χ2v) is 6.71. The van der Waals surface area contributed by atoms with E-state index < -0.39 is 10.0 Å². The maximum atomic E-state index is 12.4. The van der Waals surface area contributed by atoms with E-state index in [-0.39, 0.29) is 17.5 Å². The average Bonchev–Trinajstić information content (AvgIpc) is 2.48. The molecule has 0 saturated carbocycles. The van der Waals surface area contributed by atoms with Crippen LogP contribution >= 0.6 is 11.6 Å². The van der Waals surface area contributed by atoms with E-state index in [1.165, 1.54) is 18.2 Å². The van der Waals surface area contributed by atoms with E-state index in [0.29, 0.717) is 10.6 Å². The average molecular weight is 326 g/mol. The molecular weight excluding hydrogens is 310 g/mol. The molecule has 1 atom stereocenters. The molecule has 3 N–H and O–H groups in total. The molecule has 0 saturated heterocycles. The lowest BCUT2D eigenvalue weighted by molar-refractivity contribution is 0.566. The van der Waals surface area contributed by atoms with Crippen LogP contribution in [0.5, 0.6) is 0 Å². The van der Waals surface area contributed by atoms with Gasteiger partial charge in [-0.1, -0.05) is 17.7 Å². The number of nitrogens with one attached hydrogen (secondary N) is 1. The molecule has 1 heterocycles. The van der Waals surface area contributed by atoms with Gasteiger partial charge < -0.3 is 5.73 Å². The van der Waals surface area contributed by atoms with Crippen LogP contribution in [0.2, 0.25) is 5.02 Å². The first-order valence-electron chi connectivity index (χ1n) is 6.35. The summed E-state index contributed by atoms with van der Waals surface area (Å²) in [6.45, 7) is 1.94. The predicted molar refractivity (Wildman–Crippen MR) is 82.3 cm³/mol. The summed E-state index contributed by atoms with van der Waals surface area (Å²) in [6, 6.07) is 7.66. The fourth-order valence-electron chi connectivity index (χ4n) is 1.88. The lowest BCUT2D eigenvalue weighted by atomic mass is 10.2. The predicted octanol–water partition coefficient (Wildman–Crippen LogP) is 2.23. The van der Waals surface area contributed by atoms with Gasteiger partial charge in [0.1, 0.15) is 0 Å². The summed E-state index contributed by atoms with van der Waals surface area (Å²) in [5.41, 5.74) is 6.92. The first kappa shape index (κ1) is 15.9. The second-order valence-electron chi connectivity index (χ2n) is 4.59. The van der Waals surface area contributed by atoms with Crippen LogP contribution in [-0.4, -0.2) is 13.4 Å². The quantitative estimate of drug-likeness (QED) is 0.882. The van der Waals surface area contributed by atoms with Crippen molar-refractivity contribution >= 4 is 21.6 Å². The van der Waals surface area contributed by atoms with Gasteiger partial charge in [0.05, 0.1) is 4.90 Å². The van der Waals surface area contributed by atoms with Gasteiger partial charge in [0, 0.05) is 30.0 Å². The molecule has 1 unspecified atom stereocenters. The molecule has 0 radical (unpaired) electrons. The lowest BCUT2D eigenvalue weighted by Gasteiger charge is -2.15. The summed E-state index contributed by atoms with van der Waals surface area (Å²) < 4.78 is 27.4. The SMILES string of the molecule is CC(NS(=O)(=O)c1ccc(Cl)c(CN)c1)c1cccnc1. The molecular formula is C14H16ClN3O2S. The van der Waals surface area contributed by atoms with Gasteiger partial charge in [0.25, 0.3) is 0 Å². The molecule has 21 heavy (non-hydrogen) atoms. The summed E-state index contributed by atoms with van der Waals surface area (Å²) in [4.78, 5) is 4.12. The van der Waals surface area contributed by atoms with Crippen LogP contribution in [0, 0.1) is 0 Å². The first-order chi connectivity index (χ1) is 9.94. The standard InChI is InChI=1S/C14H16ClN3O2S/c1-10(11-3-2-6-17-9-11)18-21(19,20)13-4-5-14(15)12(7-13)8-16/h2-7,9-10,18H,8,16H2,1H3. The minimum atomic E-state index is -3.65. The topological polar surface area (TPSA) is 85.1 Å². The minimum Gasteiger partial charge on any atom is -0.326 e. The summed E-state index contributed by atoms with van der Waals surface area (Å²) >= 11 is 5.94. The molecule has 1 aromatic heterocycles. The van der Waals surface area contributed by atoms with Gasteiger partial charge in [-0.2, -0.15) is 0 Å². The van der Waals surface area contributed by atoms with Crippen molar-refractivity contribution in [1.82, 2.24) is 9.71 Å². The van der Waals surface area contributed by atoms with Gasteiger partial charge in [0.2, 0.25) is 10.0 Å². The molecule has 0 spiro atoms. The number of nitrogens with zero attached hydrogens (tertiary/aromatic N) is 1. The third-order valence-electron chi connectivity index (χ3n) is 3.06. The summed E-state index contributed by atoms with van der Waals surface area (Å²) in [5, 5.41) is 0.455. The van der Waals surface area contributed by atoms with Crippen molar-refractivity contribution in [3.8, 4) is 0 Å². The molecule has 2 rings (SSSR count). The van der Waals surface area contributed by atoms with Crippen LogP contribution in [-0.2, 0) is 16.6 Å². The molecule has 112 valence electrons. The van der Waals surface area contributed by atoms with Crippen LogP contribution < -0.4 is 10.5 Å². The van der Waals surface area contributed by atoms with Crippen molar-refractivity contribution in [1.29, 1.82) is 0 Å². The van der Waals surface area contributed by atoms with E-state index in [2.05, 4.69) is 9.71 Å². The molecule has 0 bridgehead atoms. The van der Waals surface area contributed by atoms with Crippen LogP contribution in [0.1, 0.15) is 24.1 Å². The molecule has 0 aliphatic carbocycles. The zero-order chi connectivity index (χ0) is 15.5. The highest BCUT2D eigenvalue weighted by Crippen LogP contribution is 2.21. The molecule has 0 fully saturated rings. The van der Waals surface area contributed by atoms with Crippen LogP contribution in [0.25, 0.3) is 0 Å². The Kier molecular flexibility index (Phi) is 4.95. The molecule has 0 aliphatic rings. The van der Waals surface area contributed by atoms with Gasteiger partial charge in [-0.15, -0.1) is 0 Å². The number of hydrogen-bond acceptors (Lipinski definition) is 4. The lowest BCUT2D eigenvalue weighted by Crippen LogP contribution is -2.27. The van der Waals surface area contributed by atoms with Crippen LogP contribution in [0.3, 0.4) is 0 Å². The second kappa shape index (κ2) is 6.53. The van der Waals surface area contributed by atoms with E-state index >= 15 is 0 Å². The zero-order valence-electron chi connectivity index (χ0n) is 11.5. The Labute approximate surface area is 129 Å². The maximum absolute atomic E-state index is 12.4. The van der Waals surface area contributed by atoms with Crippen LogP contribution in [0.15, 0.2) is 47.6 Å². The number of hydrogen-bond donors (Lipinski definition) is 2. The minimum absolute atomic E-state index is 0.142. The third kappa shape index (κ3) is 3.79. The van der Waals surface area contributed by atoms with Crippen molar-refractivity contribution in [2.75, 3.05) is 0 Å². The Morgan fingerprint density at radius 3 is 2.76 bits per heavy atom.